The Kier molecular flexibility index (Phi) is 7.08. The van der Waals surface area contributed by atoms with E-state index in [-0.39, 0.29) is 5.78 Å². The number of benzene rings is 1. The molecule has 0 amide bonds. The molecule has 0 saturated carbocycles. The zero-order valence-electron chi connectivity index (χ0n) is 18.5. The summed E-state index contributed by atoms with van der Waals surface area (Å²) in [5.74, 6) is 1.73. The zero-order chi connectivity index (χ0) is 22.4. The normalized spacial score (nSPS) is 11.0. The van der Waals surface area contributed by atoms with Crippen LogP contribution in [0.3, 0.4) is 0 Å². The first-order valence-corrected chi connectivity index (χ1v) is 10.3. The maximum Gasteiger partial charge on any atom is 0.197 e. The fraction of sp³-hybridized carbons (Fsp3) is 0.231. The standard InChI is InChI=1S/C26H28N2O3/c1-6-9-20-16-23(25(29)22-11-7-12-24(31-5)19(22)3)26(27-17-20)28-15-8-10-21(28)14-13-18(2)30-4/h7-8,10-17H,2,6,9H2,1,3-5H3/b14-13+. The number of ether oxygens (including phenoxy) is 2. The van der Waals surface area contributed by atoms with Crippen LogP contribution in [0.4, 0.5) is 0 Å². The molecule has 0 spiro atoms. The van der Waals surface area contributed by atoms with E-state index in [1.807, 2.05) is 66.4 Å². The molecule has 5 heteroatoms. The summed E-state index contributed by atoms with van der Waals surface area (Å²) in [6.45, 7) is 7.83. The number of aromatic nitrogens is 2. The minimum Gasteiger partial charge on any atom is -0.497 e. The molecule has 0 radical (unpaired) electrons. The molecular formula is C26H28N2O3. The van der Waals surface area contributed by atoms with Gasteiger partial charge in [-0.3, -0.25) is 4.79 Å². The quantitative estimate of drug-likeness (QED) is 0.261. The van der Waals surface area contributed by atoms with E-state index in [0.29, 0.717) is 28.5 Å². The number of carbonyl (C=O) groups excluding carboxylic acids is 1. The molecule has 3 rings (SSSR count). The summed E-state index contributed by atoms with van der Waals surface area (Å²) < 4.78 is 12.4. The smallest absolute Gasteiger partial charge is 0.197 e. The Morgan fingerprint density at radius 1 is 1.19 bits per heavy atom. The van der Waals surface area contributed by atoms with Crippen molar-refractivity contribution >= 4 is 11.9 Å². The van der Waals surface area contributed by atoms with E-state index in [4.69, 9.17) is 9.47 Å². The van der Waals surface area contributed by atoms with Crippen LogP contribution in [-0.4, -0.2) is 29.6 Å². The van der Waals surface area contributed by atoms with E-state index in [1.165, 1.54) is 0 Å². The highest BCUT2D eigenvalue weighted by Crippen LogP contribution is 2.27. The van der Waals surface area contributed by atoms with Gasteiger partial charge in [-0.2, -0.15) is 0 Å². The number of methoxy groups -OCH3 is 2. The van der Waals surface area contributed by atoms with Gasteiger partial charge < -0.3 is 14.0 Å². The van der Waals surface area contributed by atoms with E-state index < -0.39 is 0 Å². The topological polar surface area (TPSA) is 53.4 Å². The summed E-state index contributed by atoms with van der Waals surface area (Å²) >= 11 is 0. The second-order valence-corrected chi connectivity index (χ2v) is 7.23. The van der Waals surface area contributed by atoms with Crippen molar-refractivity contribution in [3.63, 3.8) is 0 Å². The van der Waals surface area contributed by atoms with E-state index in [9.17, 15) is 4.79 Å². The molecule has 2 heterocycles. The lowest BCUT2D eigenvalue weighted by Crippen LogP contribution is -2.12. The van der Waals surface area contributed by atoms with E-state index in [1.54, 1.807) is 20.3 Å². The van der Waals surface area contributed by atoms with Gasteiger partial charge in [0.1, 0.15) is 17.3 Å². The second kappa shape index (κ2) is 9.94. The molecule has 0 aliphatic rings. The third kappa shape index (κ3) is 4.77. The van der Waals surface area contributed by atoms with Crippen LogP contribution in [0.1, 0.15) is 46.1 Å². The number of ketones is 1. The minimum absolute atomic E-state index is 0.0817. The molecule has 0 bridgehead atoms. The molecule has 1 aromatic carbocycles. The molecule has 0 fully saturated rings. The van der Waals surface area contributed by atoms with Gasteiger partial charge in [-0.1, -0.05) is 32.1 Å². The molecule has 0 saturated heterocycles. The van der Waals surface area contributed by atoms with Crippen LogP contribution >= 0.6 is 0 Å². The highest BCUT2D eigenvalue weighted by atomic mass is 16.5. The van der Waals surface area contributed by atoms with Crippen LogP contribution in [0.25, 0.3) is 11.9 Å². The first-order chi connectivity index (χ1) is 15.0. The molecular weight excluding hydrogens is 388 g/mol. The van der Waals surface area contributed by atoms with Crippen molar-refractivity contribution < 1.29 is 14.3 Å². The van der Waals surface area contributed by atoms with Crippen LogP contribution in [-0.2, 0) is 11.2 Å². The van der Waals surface area contributed by atoms with Crippen molar-refractivity contribution in [3.05, 3.63) is 95.2 Å². The van der Waals surface area contributed by atoms with Gasteiger partial charge in [0.25, 0.3) is 0 Å². The number of allylic oxidation sites excluding steroid dienone is 1. The number of carbonyl (C=O) groups is 1. The Balaban J connectivity index is 2.14. The summed E-state index contributed by atoms with van der Waals surface area (Å²) in [6.07, 6.45) is 9.24. The fourth-order valence-corrected chi connectivity index (χ4v) is 3.48. The summed E-state index contributed by atoms with van der Waals surface area (Å²) in [5.41, 5.74) is 3.87. The SMILES string of the molecule is C=C(/C=C/c1cccn1-c1ncc(CCC)cc1C(=O)c1cccc(OC)c1C)OC. The van der Waals surface area contributed by atoms with Crippen molar-refractivity contribution in [3.8, 4) is 11.6 Å². The van der Waals surface area contributed by atoms with Crippen molar-refractivity contribution in [2.75, 3.05) is 14.2 Å². The minimum atomic E-state index is -0.0817. The molecule has 5 nitrogen and oxygen atoms in total. The Hall–Kier alpha value is -3.60. The van der Waals surface area contributed by atoms with Crippen LogP contribution in [0.2, 0.25) is 0 Å². The number of aryl methyl sites for hydroxylation is 1. The molecule has 0 atom stereocenters. The van der Waals surface area contributed by atoms with Crippen molar-refractivity contribution in [1.29, 1.82) is 0 Å². The Morgan fingerprint density at radius 3 is 2.71 bits per heavy atom. The molecule has 3 aromatic rings. The Bertz CT molecular complexity index is 1130. The molecule has 31 heavy (non-hydrogen) atoms. The van der Waals surface area contributed by atoms with Crippen molar-refractivity contribution in [1.82, 2.24) is 9.55 Å². The summed E-state index contributed by atoms with van der Waals surface area (Å²) in [7, 11) is 3.19. The van der Waals surface area contributed by atoms with Gasteiger partial charge >= 0.3 is 0 Å². The Morgan fingerprint density at radius 2 is 2.00 bits per heavy atom. The number of rotatable bonds is 9. The van der Waals surface area contributed by atoms with Gasteiger partial charge in [0.2, 0.25) is 0 Å². The Labute approximate surface area is 183 Å². The predicted octanol–water partition coefficient (Wildman–Crippen LogP) is 5.55. The van der Waals surface area contributed by atoms with Gasteiger partial charge in [0.15, 0.2) is 5.78 Å². The first kappa shape index (κ1) is 22.1. The number of nitrogens with zero attached hydrogens (tertiary/aromatic N) is 2. The third-order valence-corrected chi connectivity index (χ3v) is 5.17. The maximum atomic E-state index is 13.7. The molecule has 160 valence electrons. The molecule has 0 aliphatic heterocycles. The van der Waals surface area contributed by atoms with Gasteiger partial charge in [-0.25, -0.2) is 4.98 Å². The molecule has 0 aliphatic carbocycles. The monoisotopic (exact) mass is 416 g/mol. The fourth-order valence-electron chi connectivity index (χ4n) is 3.48. The molecule has 0 N–H and O–H groups in total. The maximum absolute atomic E-state index is 13.7. The van der Waals surface area contributed by atoms with Crippen LogP contribution < -0.4 is 4.74 Å². The first-order valence-electron chi connectivity index (χ1n) is 10.3. The van der Waals surface area contributed by atoms with Gasteiger partial charge in [0.05, 0.1) is 19.8 Å². The molecule has 2 aromatic heterocycles. The zero-order valence-corrected chi connectivity index (χ0v) is 18.5. The lowest BCUT2D eigenvalue weighted by molar-refractivity contribution is 0.103. The van der Waals surface area contributed by atoms with Gasteiger partial charge in [-0.15, -0.1) is 0 Å². The van der Waals surface area contributed by atoms with E-state index >= 15 is 0 Å². The second-order valence-electron chi connectivity index (χ2n) is 7.23. The number of hydrogen-bond acceptors (Lipinski definition) is 4. The van der Waals surface area contributed by atoms with Crippen molar-refractivity contribution in [2.24, 2.45) is 0 Å². The third-order valence-electron chi connectivity index (χ3n) is 5.17. The summed E-state index contributed by atoms with van der Waals surface area (Å²) in [6, 6.07) is 11.3. The average Bonchev–Trinajstić information content (AvgIpc) is 3.25. The molecule has 0 unspecified atom stereocenters. The van der Waals surface area contributed by atoms with Crippen molar-refractivity contribution in [2.45, 2.75) is 26.7 Å². The largest absolute Gasteiger partial charge is 0.497 e. The lowest BCUT2D eigenvalue weighted by Gasteiger charge is -2.15. The van der Waals surface area contributed by atoms with E-state index in [0.717, 1.165) is 29.7 Å². The average molecular weight is 417 g/mol. The summed E-state index contributed by atoms with van der Waals surface area (Å²) in [5, 5.41) is 0. The number of pyridine rings is 1. The summed E-state index contributed by atoms with van der Waals surface area (Å²) in [4.78, 5) is 18.4. The van der Waals surface area contributed by atoms with Crippen LogP contribution in [0.5, 0.6) is 5.75 Å². The van der Waals surface area contributed by atoms with Crippen LogP contribution in [0, 0.1) is 6.92 Å². The van der Waals surface area contributed by atoms with Crippen LogP contribution in [0.15, 0.2) is 67.2 Å². The highest BCUT2D eigenvalue weighted by molar-refractivity contribution is 6.12. The highest BCUT2D eigenvalue weighted by Gasteiger charge is 2.20. The van der Waals surface area contributed by atoms with Gasteiger partial charge in [0, 0.05) is 29.2 Å². The van der Waals surface area contributed by atoms with E-state index in [2.05, 4.69) is 18.5 Å². The predicted molar refractivity (Wildman–Crippen MR) is 124 cm³/mol. The lowest BCUT2D eigenvalue weighted by atomic mass is 9.97. The van der Waals surface area contributed by atoms with Gasteiger partial charge in [-0.05, 0) is 55.3 Å². The number of hydrogen-bond donors (Lipinski definition) is 0.